The summed E-state index contributed by atoms with van der Waals surface area (Å²) in [5.74, 6) is 0. The monoisotopic (exact) mass is 274 g/mol. The lowest BCUT2D eigenvalue weighted by Crippen LogP contribution is -2.22. The molecule has 0 aliphatic rings. The molecule has 1 aromatic heterocycles. The maximum Gasteiger partial charge on any atom is 0.0409 e. The molecule has 0 atom stereocenters. The Labute approximate surface area is 120 Å². The maximum atomic E-state index is 3.48. The third-order valence-corrected chi connectivity index (χ3v) is 4.04. The van der Waals surface area contributed by atoms with E-state index in [0.717, 1.165) is 26.2 Å². The molecule has 0 spiro atoms. The van der Waals surface area contributed by atoms with Crippen LogP contribution in [-0.2, 0) is 13.1 Å². The first-order chi connectivity index (χ1) is 9.31. The zero-order chi connectivity index (χ0) is 13.5. The minimum absolute atomic E-state index is 0.901. The van der Waals surface area contributed by atoms with Crippen molar-refractivity contribution in [2.24, 2.45) is 0 Å². The average molecular weight is 274 g/mol. The van der Waals surface area contributed by atoms with E-state index in [1.54, 1.807) is 11.3 Å². The van der Waals surface area contributed by atoms with Crippen LogP contribution in [0.5, 0.6) is 0 Å². The van der Waals surface area contributed by atoms with Gasteiger partial charge in [0.15, 0.2) is 0 Å². The van der Waals surface area contributed by atoms with E-state index in [4.69, 9.17) is 0 Å². The quantitative estimate of drug-likeness (QED) is 0.814. The van der Waals surface area contributed by atoms with E-state index in [2.05, 4.69) is 65.2 Å². The van der Waals surface area contributed by atoms with Crippen molar-refractivity contribution in [3.8, 4) is 0 Å². The minimum Gasteiger partial charge on any atom is -0.381 e. The molecule has 2 aromatic rings. The van der Waals surface area contributed by atoms with Gasteiger partial charge in [-0.2, -0.15) is 11.3 Å². The molecular weight excluding hydrogens is 252 g/mol. The molecule has 0 saturated carbocycles. The molecule has 0 aliphatic carbocycles. The standard InChI is InChI=1S/C16H22N2S/c1-3-18(4-2)12-14-6-5-7-16(10-14)17-11-15-8-9-19-13-15/h5-10,13,17H,3-4,11-12H2,1-2H3. The summed E-state index contributed by atoms with van der Waals surface area (Å²) >= 11 is 1.75. The fourth-order valence-corrected chi connectivity index (χ4v) is 2.75. The lowest BCUT2D eigenvalue weighted by molar-refractivity contribution is 0.296. The van der Waals surface area contributed by atoms with Crippen molar-refractivity contribution < 1.29 is 0 Å². The molecule has 0 amide bonds. The Bertz CT molecular complexity index is 475. The van der Waals surface area contributed by atoms with Gasteiger partial charge in [0.05, 0.1) is 0 Å². The molecular formula is C16H22N2S. The highest BCUT2D eigenvalue weighted by molar-refractivity contribution is 7.07. The van der Waals surface area contributed by atoms with E-state index < -0.39 is 0 Å². The molecule has 0 unspecified atom stereocenters. The molecule has 19 heavy (non-hydrogen) atoms. The second kappa shape index (κ2) is 7.31. The number of thiophene rings is 1. The normalized spacial score (nSPS) is 10.9. The van der Waals surface area contributed by atoms with Gasteiger partial charge >= 0.3 is 0 Å². The van der Waals surface area contributed by atoms with Gasteiger partial charge in [-0.15, -0.1) is 0 Å². The number of rotatable bonds is 7. The number of hydrogen-bond donors (Lipinski definition) is 1. The molecule has 1 heterocycles. The molecule has 102 valence electrons. The van der Waals surface area contributed by atoms with Gasteiger partial charge in [-0.25, -0.2) is 0 Å². The Kier molecular flexibility index (Phi) is 5.43. The number of nitrogens with zero attached hydrogens (tertiary/aromatic N) is 1. The Morgan fingerprint density at radius 3 is 2.63 bits per heavy atom. The number of hydrogen-bond acceptors (Lipinski definition) is 3. The first-order valence-electron chi connectivity index (χ1n) is 6.88. The summed E-state index contributed by atoms with van der Waals surface area (Å²) in [4.78, 5) is 2.43. The van der Waals surface area contributed by atoms with Crippen LogP contribution in [-0.4, -0.2) is 18.0 Å². The van der Waals surface area contributed by atoms with E-state index in [0.29, 0.717) is 0 Å². The number of benzene rings is 1. The van der Waals surface area contributed by atoms with E-state index >= 15 is 0 Å². The average Bonchev–Trinajstić information content (AvgIpc) is 2.96. The van der Waals surface area contributed by atoms with Gasteiger partial charge in [0.1, 0.15) is 0 Å². The number of anilines is 1. The van der Waals surface area contributed by atoms with E-state index in [9.17, 15) is 0 Å². The lowest BCUT2D eigenvalue weighted by Gasteiger charge is -2.18. The summed E-state index contributed by atoms with van der Waals surface area (Å²) < 4.78 is 0. The van der Waals surface area contributed by atoms with Crippen LogP contribution >= 0.6 is 11.3 Å². The first kappa shape index (κ1) is 14.1. The van der Waals surface area contributed by atoms with Crippen LogP contribution in [0.2, 0.25) is 0 Å². The van der Waals surface area contributed by atoms with Crippen LogP contribution in [0.4, 0.5) is 5.69 Å². The summed E-state index contributed by atoms with van der Waals surface area (Å²) in [6, 6.07) is 10.9. The van der Waals surface area contributed by atoms with E-state index in [1.807, 2.05) is 0 Å². The van der Waals surface area contributed by atoms with Crippen LogP contribution in [0.15, 0.2) is 41.1 Å². The summed E-state index contributed by atoms with van der Waals surface area (Å²) in [5, 5.41) is 7.79. The van der Waals surface area contributed by atoms with Gasteiger partial charge in [-0.1, -0.05) is 26.0 Å². The molecule has 0 fully saturated rings. The van der Waals surface area contributed by atoms with Crippen LogP contribution in [0.25, 0.3) is 0 Å². The molecule has 0 aliphatic heterocycles. The summed E-state index contributed by atoms with van der Waals surface area (Å²) in [7, 11) is 0. The van der Waals surface area contributed by atoms with Crippen molar-refractivity contribution in [3.05, 3.63) is 52.2 Å². The SMILES string of the molecule is CCN(CC)Cc1cccc(NCc2ccsc2)c1. The fraction of sp³-hybridized carbons (Fsp3) is 0.375. The third kappa shape index (κ3) is 4.37. The van der Waals surface area contributed by atoms with Crippen LogP contribution in [0.3, 0.4) is 0 Å². The Hall–Kier alpha value is -1.32. The lowest BCUT2D eigenvalue weighted by atomic mass is 10.2. The predicted molar refractivity (Wildman–Crippen MR) is 84.7 cm³/mol. The van der Waals surface area contributed by atoms with Crippen LogP contribution in [0, 0.1) is 0 Å². The van der Waals surface area contributed by atoms with Crippen molar-refractivity contribution in [1.82, 2.24) is 4.90 Å². The molecule has 2 rings (SSSR count). The van der Waals surface area contributed by atoms with Crippen molar-refractivity contribution in [3.63, 3.8) is 0 Å². The summed E-state index contributed by atoms with van der Waals surface area (Å²) in [6.45, 7) is 8.55. The highest BCUT2D eigenvalue weighted by Gasteiger charge is 2.02. The van der Waals surface area contributed by atoms with Gasteiger partial charge < -0.3 is 5.32 Å². The topological polar surface area (TPSA) is 15.3 Å². The highest BCUT2D eigenvalue weighted by atomic mass is 32.1. The van der Waals surface area contributed by atoms with Gasteiger partial charge in [0.25, 0.3) is 0 Å². The van der Waals surface area contributed by atoms with Crippen molar-refractivity contribution in [1.29, 1.82) is 0 Å². The van der Waals surface area contributed by atoms with Gasteiger partial charge in [0.2, 0.25) is 0 Å². The van der Waals surface area contributed by atoms with Crippen LogP contribution < -0.4 is 5.32 Å². The third-order valence-electron chi connectivity index (χ3n) is 3.30. The van der Waals surface area contributed by atoms with Gasteiger partial charge in [0, 0.05) is 18.8 Å². The predicted octanol–water partition coefficient (Wildman–Crippen LogP) is 4.20. The van der Waals surface area contributed by atoms with Crippen molar-refractivity contribution in [2.45, 2.75) is 26.9 Å². The molecule has 0 radical (unpaired) electrons. The van der Waals surface area contributed by atoms with Gasteiger partial charge in [-0.3, -0.25) is 4.90 Å². The largest absolute Gasteiger partial charge is 0.381 e. The Morgan fingerprint density at radius 1 is 1.11 bits per heavy atom. The maximum absolute atomic E-state index is 3.48. The zero-order valence-corrected chi connectivity index (χ0v) is 12.5. The second-order valence-electron chi connectivity index (χ2n) is 4.65. The van der Waals surface area contributed by atoms with E-state index in [-0.39, 0.29) is 0 Å². The van der Waals surface area contributed by atoms with Crippen molar-refractivity contribution >= 4 is 17.0 Å². The molecule has 0 saturated heterocycles. The summed E-state index contributed by atoms with van der Waals surface area (Å²) in [5.41, 5.74) is 3.93. The van der Waals surface area contributed by atoms with E-state index in [1.165, 1.54) is 16.8 Å². The molecule has 3 heteroatoms. The zero-order valence-electron chi connectivity index (χ0n) is 11.7. The van der Waals surface area contributed by atoms with Gasteiger partial charge in [-0.05, 0) is 53.2 Å². The van der Waals surface area contributed by atoms with Crippen LogP contribution in [0.1, 0.15) is 25.0 Å². The Balaban J connectivity index is 1.94. The molecule has 2 nitrogen and oxygen atoms in total. The number of nitrogens with one attached hydrogen (secondary N) is 1. The highest BCUT2D eigenvalue weighted by Crippen LogP contribution is 2.15. The fourth-order valence-electron chi connectivity index (χ4n) is 2.08. The molecule has 1 N–H and O–H groups in total. The first-order valence-corrected chi connectivity index (χ1v) is 7.82. The Morgan fingerprint density at radius 2 is 1.95 bits per heavy atom. The second-order valence-corrected chi connectivity index (χ2v) is 5.43. The van der Waals surface area contributed by atoms with Crippen molar-refractivity contribution in [2.75, 3.05) is 18.4 Å². The smallest absolute Gasteiger partial charge is 0.0409 e. The molecule has 0 bridgehead atoms. The summed E-state index contributed by atoms with van der Waals surface area (Å²) in [6.07, 6.45) is 0. The minimum atomic E-state index is 0.901. The molecule has 1 aromatic carbocycles.